The van der Waals surface area contributed by atoms with E-state index in [4.69, 9.17) is 9.47 Å². The van der Waals surface area contributed by atoms with E-state index in [1.54, 1.807) is 11.0 Å². The van der Waals surface area contributed by atoms with Crippen molar-refractivity contribution in [2.24, 2.45) is 0 Å². The van der Waals surface area contributed by atoms with Gasteiger partial charge in [0.1, 0.15) is 5.75 Å². The third-order valence-electron chi connectivity index (χ3n) is 4.78. The van der Waals surface area contributed by atoms with Gasteiger partial charge in [-0.05, 0) is 23.6 Å². The number of non-ortho nitro benzene ring substituents is 1. The highest BCUT2D eigenvalue weighted by Crippen LogP contribution is 2.33. The molecule has 2 aliphatic rings. The number of nitro benzene ring substituents is 1. The van der Waals surface area contributed by atoms with Crippen molar-refractivity contribution in [3.8, 4) is 5.75 Å². The molecular weight excluding hydrogens is 348 g/mol. The lowest BCUT2D eigenvalue weighted by Gasteiger charge is -2.28. The zero-order valence-electron chi connectivity index (χ0n) is 14.6. The lowest BCUT2D eigenvalue weighted by atomic mass is 10.00. The van der Waals surface area contributed by atoms with E-state index in [1.165, 1.54) is 23.8 Å². The highest BCUT2D eigenvalue weighted by Gasteiger charge is 2.21. The molecule has 2 aromatic carbocycles. The largest absolute Gasteiger partial charge is 0.467 e. The van der Waals surface area contributed by atoms with E-state index in [9.17, 15) is 14.9 Å². The van der Waals surface area contributed by atoms with Gasteiger partial charge in [0.2, 0.25) is 5.91 Å². The fourth-order valence-electron chi connectivity index (χ4n) is 3.41. The monoisotopic (exact) mass is 366 g/mol. The Balaban J connectivity index is 1.57. The Hall–Kier alpha value is -3.19. The fraction of sp³-hybridized carbons (Fsp3) is 0.250. The Morgan fingerprint density at radius 2 is 2.00 bits per heavy atom. The summed E-state index contributed by atoms with van der Waals surface area (Å²) < 4.78 is 10.7. The summed E-state index contributed by atoms with van der Waals surface area (Å²) in [5, 5.41) is 11.2. The van der Waals surface area contributed by atoms with Gasteiger partial charge in [-0.2, -0.15) is 0 Å². The molecule has 0 bridgehead atoms. The van der Waals surface area contributed by atoms with E-state index in [0.717, 1.165) is 12.0 Å². The fourth-order valence-corrected chi connectivity index (χ4v) is 3.41. The highest BCUT2D eigenvalue weighted by atomic mass is 16.7. The number of ether oxygens (including phenoxy) is 2. The van der Waals surface area contributed by atoms with Gasteiger partial charge in [-0.3, -0.25) is 14.9 Å². The lowest BCUT2D eigenvalue weighted by molar-refractivity contribution is -0.385. The molecule has 0 aliphatic carbocycles. The predicted molar refractivity (Wildman–Crippen MR) is 98.0 cm³/mol. The molecule has 0 radical (unpaired) electrons. The molecule has 0 saturated heterocycles. The summed E-state index contributed by atoms with van der Waals surface area (Å²) in [4.78, 5) is 25.1. The lowest BCUT2D eigenvalue weighted by Crippen LogP contribution is -2.34. The minimum atomic E-state index is -0.463. The molecule has 7 nitrogen and oxygen atoms in total. The minimum Gasteiger partial charge on any atom is -0.467 e. The molecule has 0 N–H and O–H groups in total. The standard InChI is InChI=1S/C20H18N2O5/c23-19(21-8-7-14-3-1-2-4-16(14)11-21)6-5-15-9-18(22(24)25)10-17-12-26-13-27-20(15)17/h1-6,9-10H,7-8,11-13H2/b6-5+. The zero-order chi connectivity index (χ0) is 18.8. The van der Waals surface area contributed by atoms with Gasteiger partial charge < -0.3 is 14.4 Å². The third-order valence-corrected chi connectivity index (χ3v) is 4.78. The van der Waals surface area contributed by atoms with Crippen LogP contribution in [0.2, 0.25) is 0 Å². The number of amides is 1. The van der Waals surface area contributed by atoms with E-state index in [1.807, 2.05) is 18.2 Å². The van der Waals surface area contributed by atoms with Crippen LogP contribution in [0.15, 0.2) is 42.5 Å². The van der Waals surface area contributed by atoms with Gasteiger partial charge in [0.05, 0.1) is 11.5 Å². The van der Waals surface area contributed by atoms with Crippen molar-refractivity contribution < 1.29 is 19.2 Å². The van der Waals surface area contributed by atoms with E-state index >= 15 is 0 Å². The highest BCUT2D eigenvalue weighted by molar-refractivity contribution is 5.92. The summed E-state index contributed by atoms with van der Waals surface area (Å²) in [6.45, 7) is 1.55. The maximum atomic E-state index is 12.6. The number of hydrogen-bond donors (Lipinski definition) is 0. The maximum Gasteiger partial charge on any atom is 0.270 e. The van der Waals surface area contributed by atoms with Crippen molar-refractivity contribution in [1.29, 1.82) is 0 Å². The van der Waals surface area contributed by atoms with E-state index in [0.29, 0.717) is 30.0 Å². The average molecular weight is 366 g/mol. The number of benzene rings is 2. The van der Waals surface area contributed by atoms with E-state index < -0.39 is 4.92 Å². The van der Waals surface area contributed by atoms with Crippen LogP contribution in [0.25, 0.3) is 6.08 Å². The molecule has 2 heterocycles. The number of hydrogen-bond acceptors (Lipinski definition) is 5. The van der Waals surface area contributed by atoms with Gasteiger partial charge in [-0.1, -0.05) is 24.3 Å². The second kappa shape index (κ2) is 7.20. The zero-order valence-corrected chi connectivity index (χ0v) is 14.6. The summed E-state index contributed by atoms with van der Waals surface area (Å²) in [6.07, 6.45) is 3.86. The Kier molecular flexibility index (Phi) is 4.60. The van der Waals surface area contributed by atoms with Gasteiger partial charge in [0.15, 0.2) is 6.79 Å². The first-order valence-electron chi connectivity index (χ1n) is 8.67. The molecule has 1 amide bonds. The summed E-state index contributed by atoms with van der Waals surface area (Å²) in [6, 6.07) is 10.9. The number of rotatable bonds is 3. The second-order valence-corrected chi connectivity index (χ2v) is 6.50. The summed E-state index contributed by atoms with van der Waals surface area (Å²) in [7, 11) is 0. The molecule has 4 rings (SSSR count). The molecule has 27 heavy (non-hydrogen) atoms. The van der Waals surface area contributed by atoms with Crippen LogP contribution in [0.4, 0.5) is 5.69 Å². The molecule has 2 aromatic rings. The molecule has 7 heteroatoms. The van der Waals surface area contributed by atoms with E-state index in [2.05, 4.69) is 6.07 Å². The Morgan fingerprint density at radius 1 is 1.19 bits per heavy atom. The predicted octanol–water partition coefficient (Wildman–Crippen LogP) is 3.06. The summed E-state index contributed by atoms with van der Waals surface area (Å²) in [5.74, 6) is 0.400. The van der Waals surface area contributed by atoms with Crippen molar-refractivity contribution in [2.45, 2.75) is 19.6 Å². The number of nitro groups is 1. The van der Waals surface area contributed by atoms with E-state index in [-0.39, 0.29) is 25.0 Å². The van der Waals surface area contributed by atoms with Gasteiger partial charge in [-0.25, -0.2) is 0 Å². The quantitative estimate of drug-likeness (QED) is 0.474. The Bertz CT molecular complexity index is 938. The smallest absolute Gasteiger partial charge is 0.270 e. The molecule has 2 aliphatic heterocycles. The third kappa shape index (κ3) is 3.54. The number of fused-ring (bicyclic) bond motifs is 2. The Morgan fingerprint density at radius 3 is 2.81 bits per heavy atom. The first kappa shape index (κ1) is 17.2. The van der Waals surface area contributed by atoms with Crippen LogP contribution < -0.4 is 4.74 Å². The first-order valence-corrected chi connectivity index (χ1v) is 8.67. The van der Waals surface area contributed by atoms with Crippen LogP contribution in [0.1, 0.15) is 22.3 Å². The Labute approximate surface area is 156 Å². The van der Waals surface area contributed by atoms with Crippen LogP contribution in [0, 0.1) is 10.1 Å². The van der Waals surface area contributed by atoms with Crippen LogP contribution in [0.3, 0.4) is 0 Å². The summed E-state index contributed by atoms with van der Waals surface area (Å²) in [5.41, 5.74) is 3.48. The number of carbonyl (C=O) groups is 1. The molecule has 0 atom stereocenters. The minimum absolute atomic E-state index is 0.0538. The van der Waals surface area contributed by atoms with Crippen molar-refractivity contribution in [1.82, 2.24) is 4.90 Å². The molecule has 0 saturated carbocycles. The SMILES string of the molecule is O=C(/C=C/c1cc([N+](=O)[O-])cc2c1OCOC2)N1CCc2ccccc2C1. The van der Waals surface area contributed by atoms with Gasteiger partial charge >= 0.3 is 0 Å². The average Bonchev–Trinajstić information content (AvgIpc) is 2.71. The number of carbonyl (C=O) groups excluding carboxylic acids is 1. The summed E-state index contributed by atoms with van der Waals surface area (Å²) >= 11 is 0. The topological polar surface area (TPSA) is 81.9 Å². The molecule has 0 aromatic heterocycles. The van der Waals surface area contributed by atoms with Crippen molar-refractivity contribution in [3.05, 3.63) is 74.8 Å². The van der Waals surface area contributed by atoms with Crippen molar-refractivity contribution >= 4 is 17.7 Å². The van der Waals surface area contributed by atoms with Crippen LogP contribution in [-0.2, 0) is 29.1 Å². The van der Waals surface area contributed by atoms with Gasteiger partial charge in [0, 0.05) is 42.4 Å². The van der Waals surface area contributed by atoms with Crippen molar-refractivity contribution in [3.63, 3.8) is 0 Å². The second-order valence-electron chi connectivity index (χ2n) is 6.50. The first-order chi connectivity index (χ1) is 13.1. The molecule has 0 fully saturated rings. The molecular formula is C20H18N2O5. The van der Waals surface area contributed by atoms with Crippen molar-refractivity contribution in [2.75, 3.05) is 13.3 Å². The van der Waals surface area contributed by atoms with Gasteiger partial charge in [-0.15, -0.1) is 0 Å². The van der Waals surface area contributed by atoms with Gasteiger partial charge in [0.25, 0.3) is 5.69 Å². The van der Waals surface area contributed by atoms with Crippen LogP contribution >= 0.6 is 0 Å². The molecule has 0 unspecified atom stereocenters. The normalized spacial score (nSPS) is 15.8. The van der Waals surface area contributed by atoms with Crippen LogP contribution in [0.5, 0.6) is 5.75 Å². The van der Waals surface area contributed by atoms with Crippen LogP contribution in [-0.4, -0.2) is 29.1 Å². The number of nitrogens with zero attached hydrogens (tertiary/aromatic N) is 2. The maximum absolute atomic E-state index is 12.6. The molecule has 0 spiro atoms. The molecule has 138 valence electrons.